The number of aliphatic hydroxyl groups excluding tert-OH is 1. The molecule has 0 saturated heterocycles. The molecule has 0 aliphatic carbocycles. The van der Waals surface area contributed by atoms with Gasteiger partial charge >= 0.3 is 0 Å². The molecule has 0 bridgehead atoms. The first kappa shape index (κ1) is 14.6. The second-order valence-corrected chi connectivity index (χ2v) is 5.03. The number of nitrogens with one attached hydrogen (secondary N) is 1. The van der Waals surface area contributed by atoms with E-state index in [0.29, 0.717) is 17.0 Å². The zero-order valence-corrected chi connectivity index (χ0v) is 12.3. The molecule has 4 nitrogen and oxygen atoms in total. The molecule has 0 atom stereocenters. The molecule has 2 rings (SSSR count). The lowest BCUT2D eigenvalue weighted by atomic mass is 10.2. The van der Waals surface area contributed by atoms with Crippen molar-refractivity contribution in [3.8, 4) is 5.75 Å². The Morgan fingerprint density at radius 2 is 2.00 bits per heavy atom. The zero-order chi connectivity index (χ0) is 14.4. The van der Waals surface area contributed by atoms with Crippen molar-refractivity contribution in [3.05, 3.63) is 58.6 Å². The van der Waals surface area contributed by atoms with Crippen LogP contribution in [-0.2, 0) is 11.4 Å². The number of para-hydroxylation sites is 1. The molecule has 20 heavy (non-hydrogen) atoms. The first-order chi connectivity index (χ1) is 9.69. The van der Waals surface area contributed by atoms with Gasteiger partial charge in [0.2, 0.25) is 0 Å². The van der Waals surface area contributed by atoms with E-state index in [0.717, 1.165) is 4.47 Å². The van der Waals surface area contributed by atoms with Gasteiger partial charge in [0.1, 0.15) is 5.75 Å². The van der Waals surface area contributed by atoms with Crippen LogP contribution in [0.1, 0.15) is 5.56 Å². The van der Waals surface area contributed by atoms with E-state index >= 15 is 0 Å². The van der Waals surface area contributed by atoms with Crippen LogP contribution in [-0.4, -0.2) is 17.6 Å². The fourth-order valence-electron chi connectivity index (χ4n) is 1.67. The highest BCUT2D eigenvalue weighted by Gasteiger charge is 2.07. The lowest BCUT2D eigenvalue weighted by Gasteiger charge is -2.10. The Kier molecular flexibility index (Phi) is 5.15. The summed E-state index contributed by atoms with van der Waals surface area (Å²) in [5.41, 5.74) is 1.26. The summed E-state index contributed by atoms with van der Waals surface area (Å²) in [6.07, 6.45) is 0. The molecule has 0 unspecified atom stereocenters. The summed E-state index contributed by atoms with van der Waals surface area (Å²) in [5.74, 6) is 0.343. The van der Waals surface area contributed by atoms with Gasteiger partial charge < -0.3 is 15.2 Å². The van der Waals surface area contributed by atoms with Crippen LogP contribution in [0.2, 0.25) is 0 Å². The van der Waals surface area contributed by atoms with E-state index in [4.69, 9.17) is 4.74 Å². The van der Waals surface area contributed by atoms with Gasteiger partial charge in [0.25, 0.3) is 5.91 Å². The molecule has 5 heteroatoms. The Hall–Kier alpha value is -1.85. The lowest BCUT2D eigenvalue weighted by molar-refractivity contribution is -0.118. The lowest BCUT2D eigenvalue weighted by Crippen LogP contribution is -2.20. The average Bonchev–Trinajstić information content (AvgIpc) is 2.46. The molecule has 0 aliphatic rings. The quantitative estimate of drug-likeness (QED) is 0.883. The van der Waals surface area contributed by atoms with Crippen molar-refractivity contribution in [1.29, 1.82) is 0 Å². The van der Waals surface area contributed by atoms with Crippen LogP contribution in [0.15, 0.2) is 53.0 Å². The van der Waals surface area contributed by atoms with Crippen molar-refractivity contribution < 1.29 is 14.6 Å². The van der Waals surface area contributed by atoms with Crippen LogP contribution in [0.4, 0.5) is 5.69 Å². The van der Waals surface area contributed by atoms with E-state index in [1.807, 2.05) is 12.1 Å². The summed E-state index contributed by atoms with van der Waals surface area (Å²) < 4.78 is 6.28. The second-order valence-electron chi connectivity index (χ2n) is 4.11. The van der Waals surface area contributed by atoms with E-state index in [1.165, 1.54) is 0 Å². The van der Waals surface area contributed by atoms with Gasteiger partial charge in [-0.05, 0) is 24.3 Å². The van der Waals surface area contributed by atoms with Crippen molar-refractivity contribution in [2.75, 3.05) is 11.9 Å². The van der Waals surface area contributed by atoms with Crippen LogP contribution < -0.4 is 10.1 Å². The Morgan fingerprint density at radius 3 is 2.75 bits per heavy atom. The highest BCUT2D eigenvalue weighted by Crippen LogP contribution is 2.18. The summed E-state index contributed by atoms with van der Waals surface area (Å²) in [4.78, 5) is 11.8. The fourth-order valence-corrected chi connectivity index (χ4v) is 2.05. The number of benzene rings is 2. The van der Waals surface area contributed by atoms with Gasteiger partial charge in [-0.25, -0.2) is 0 Å². The number of rotatable bonds is 5. The van der Waals surface area contributed by atoms with E-state index < -0.39 is 0 Å². The minimum Gasteiger partial charge on any atom is -0.484 e. The zero-order valence-electron chi connectivity index (χ0n) is 10.7. The molecule has 1 amide bonds. The largest absolute Gasteiger partial charge is 0.484 e. The van der Waals surface area contributed by atoms with Crippen molar-refractivity contribution in [2.24, 2.45) is 0 Å². The number of hydrogen-bond acceptors (Lipinski definition) is 3. The normalized spacial score (nSPS) is 10.1. The molecule has 0 spiro atoms. The van der Waals surface area contributed by atoms with Gasteiger partial charge in [-0.15, -0.1) is 0 Å². The maximum absolute atomic E-state index is 11.8. The number of carbonyl (C=O) groups excluding carboxylic acids is 1. The molecule has 2 aromatic rings. The number of halogens is 1. The van der Waals surface area contributed by atoms with E-state index in [-0.39, 0.29) is 19.1 Å². The summed E-state index contributed by atoms with van der Waals surface area (Å²) in [7, 11) is 0. The van der Waals surface area contributed by atoms with Gasteiger partial charge in [-0.3, -0.25) is 4.79 Å². The van der Waals surface area contributed by atoms with Crippen molar-refractivity contribution in [3.63, 3.8) is 0 Å². The van der Waals surface area contributed by atoms with Crippen LogP contribution in [0, 0.1) is 0 Å². The summed E-state index contributed by atoms with van der Waals surface area (Å²) >= 11 is 3.33. The Balaban J connectivity index is 1.93. The number of amides is 1. The van der Waals surface area contributed by atoms with Crippen molar-refractivity contribution >= 4 is 27.5 Å². The molecule has 104 valence electrons. The monoisotopic (exact) mass is 335 g/mol. The molecule has 0 aromatic heterocycles. The highest BCUT2D eigenvalue weighted by atomic mass is 79.9. The molecule has 0 aliphatic heterocycles. The fraction of sp³-hybridized carbons (Fsp3) is 0.133. The van der Waals surface area contributed by atoms with Gasteiger partial charge in [-0.2, -0.15) is 0 Å². The number of carbonyl (C=O) groups is 1. The van der Waals surface area contributed by atoms with Gasteiger partial charge in [-0.1, -0.05) is 40.2 Å². The predicted octanol–water partition coefficient (Wildman–Crippen LogP) is 2.96. The maximum Gasteiger partial charge on any atom is 0.262 e. The molecule has 0 saturated carbocycles. The topological polar surface area (TPSA) is 58.6 Å². The molecule has 2 aromatic carbocycles. The molecule has 0 radical (unpaired) electrons. The molecular weight excluding hydrogens is 322 g/mol. The summed E-state index contributed by atoms with van der Waals surface area (Å²) in [5, 5.41) is 11.9. The average molecular weight is 336 g/mol. The van der Waals surface area contributed by atoms with Gasteiger partial charge in [0.05, 0.1) is 6.61 Å². The second kappa shape index (κ2) is 7.07. The van der Waals surface area contributed by atoms with Crippen LogP contribution in [0.25, 0.3) is 0 Å². The number of hydrogen-bond donors (Lipinski definition) is 2. The van der Waals surface area contributed by atoms with E-state index in [9.17, 15) is 9.90 Å². The minimum absolute atomic E-state index is 0.0871. The Morgan fingerprint density at radius 1 is 1.20 bits per heavy atom. The Labute approximate surface area is 125 Å². The first-order valence-corrected chi connectivity index (χ1v) is 6.85. The summed E-state index contributed by atoms with van der Waals surface area (Å²) in [6, 6.07) is 14.4. The van der Waals surface area contributed by atoms with E-state index in [2.05, 4.69) is 21.2 Å². The van der Waals surface area contributed by atoms with Crippen LogP contribution >= 0.6 is 15.9 Å². The SMILES string of the molecule is O=C(COc1cccc(Br)c1)Nc1ccccc1CO. The molecule has 0 heterocycles. The summed E-state index contributed by atoms with van der Waals surface area (Å²) in [6.45, 7) is -0.209. The van der Waals surface area contributed by atoms with Crippen molar-refractivity contribution in [1.82, 2.24) is 0 Å². The van der Waals surface area contributed by atoms with Crippen LogP contribution in [0.3, 0.4) is 0 Å². The van der Waals surface area contributed by atoms with Crippen LogP contribution in [0.5, 0.6) is 5.75 Å². The van der Waals surface area contributed by atoms with E-state index in [1.54, 1.807) is 36.4 Å². The highest BCUT2D eigenvalue weighted by molar-refractivity contribution is 9.10. The standard InChI is InChI=1S/C15H14BrNO3/c16-12-5-3-6-13(8-12)20-10-15(19)17-14-7-2-1-4-11(14)9-18/h1-8,18H,9-10H2,(H,17,19). The molecule has 2 N–H and O–H groups in total. The smallest absolute Gasteiger partial charge is 0.262 e. The maximum atomic E-state index is 11.8. The number of anilines is 1. The molecular formula is C15H14BrNO3. The minimum atomic E-state index is -0.272. The third-order valence-corrected chi connectivity index (χ3v) is 3.12. The predicted molar refractivity (Wildman–Crippen MR) is 80.6 cm³/mol. The van der Waals surface area contributed by atoms with Gasteiger partial charge in [0.15, 0.2) is 6.61 Å². The van der Waals surface area contributed by atoms with Gasteiger partial charge in [0, 0.05) is 15.7 Å². The number of aliphatic hydroxyl groups is 1. The number of ether oxygens (including phenoxy) is 1. The third-order valence-electron chi connectivity index (χ3n) is 2.63. The Bertz CT molecular complexity index is 601. The first-order valence-electron chi connectivity index (χ1n) is 6.06. The molecule has 0 fully saturated rings. The third kappa shape index (κ3) is 4.08. The van der Waals surface area contributed by atoms with Crippen molar-refractivity contribution in [2.45, 2.75) is 6.61 Å².